The maximum atomic E-state index is 12.3. The van der Waals surface area contributed by atoms with Crippen molar-refractivity contribution in [2.24, 2.45) is 5.10 Å². The molecule has 3 aromatic rings. The summed E-state index contributed by atoms with van der Waals surface area (Å²) in [4.78, 5) is 12.1. The molecule has 29 heavy (non-hydrogen) atoms. The van der Waals surface area contributed by atoms with E-state index in [0.717, 1.165) is 5.56 Å². The van der Waals surface area contributed by atoms with Crippen LogP contribution in [0.1, 0.15) is 21.5 Å². The summed E-state index contributed by atoms with van der Waals surface area (Å²) in [5.41, 5.74) is 4.39. The monoisotopic (exact) mass is 428 g/mol. The van der Waals surface area contributed by atoms with Crippen molar-refractivity contribution in [1.29, 1.82) is 0 Å². The minimum atomic E-state index is -3.91. The highest BCUT2D eigenvalue weighted by Gasteiger charge is 2.16. The van der Waals surface area contributed by atoms with Gasteiger partial charge < -0.3 is 4.18 Å². The number of hydrogen-bond acceptors (Lipinski definition) is 5. The zero-order chi connectivity index (χ0) is 20.9. The molecule has 0 aliphatic heterocycles. The second-order valence-electron chi connectivity index (χ2n) is 6.13. The molecule has 0 fully saturated rings. The van der Waals surface area contributed by atoms with Crippen molar-refractivity contribution in [3.05, 3.63) is 94.5 Å². The van der Waals surface area contributed by atoms with Crippen LogP contribution in [0.25, 0.3) is 0 Å². The van der Waals surface area contributed by atoms with E-state index in [9.17, 15) is 13.2 Å². The predicted molar refractivity (Wildman–Crippen MR) is 112 cm³/mol. The zero-order valence-electron chi connectivity index (χ0n) is 15.4. The van der Waals surface area contributed by atoms with Gasteiger partial charge in [0, 0.05) is 10.6 Å². The van der Waals surface area contributed by atoms with Crippen molar-refractivity contribution in [3.8, 4) is 5.75 Å². The smallest absolute Gasteiger partial charge is 0.339 e. The second-order valence-corrected chi connectivity index (χ2v) is 8.11. The van der Waals surface area contributed by atoms with Gasteiger partial charge in [0.05, 0.1) is 6.21 Å². The third kappa shape index (κ3) is 5.66. The van der Waals surface area contributed by atoms with Gasteiger partial charge in [0.1, 0.15) is 10.6 Å². The number of aryl methyl sites for hydroxylation is 1. The first kappa shape index (κ1) is 20.6. The van der Waals surface area contributed by atoms with Gasteiger partial charge in [0.2, 0.25) is 0 Å². The Balaban J connectivity index is 1.62. The van der Waals surface area contributed by atoms with Gasteiger partial charge in [0.15, 0.2) is 0 Å². The predicted octanol–water partition coefficient (Wildman–Crippen LogP) is 4.18. The number of rotatable bonds is 6. The number of carbonyl (C=O) groups excluding carboxylic acids is 1. The quantitative estimate of drug-likeness (QED) is 0.362. The first-order valence-corrected chi connectivity index (χ1v) is 10.3. The van der Waals surface area contributed by atoms with Crippen molar-refractivity contribution >= 4 is 33.8 Å². The fourth-order valence-electron chi connectivity index (χ4n) is 2.35. The third-order valence-corrected chi connectivity index (χ3v) is 5.36. The number of nitrogens with zero attached hydrogens (tertiary/aromatic N) is 1. The molecule has 148 valence electrons. The molecule has 6 nitrogen and oxygen atoms in total. The molecule has 3 aromatic carbocycles. The topological polar surface area (TPSA) is 84.8 Å². The Kier molecular flexibility index (Phi) is 6.31. The molecule has 3 rings (SSSR count). The van der Waals surface area contributed by atoms with Crippen molar-refractivity contribution in [1.82, 2.24) is 5.43 Å². The van der Waals surface area contributed by atoms with Crippen LogP contribution in [0, 0.1) is 6.92 Å². The highest BCUT2D eigenvalue weighted by molar-refractivity contribution is 7.87. The summed E-state index contributed by atoms with van der Waals surface area (Å²) >= 11 is 5.85. The van der Waals surface area contributed by atoms with Gasteiger partial charge in [-0.1, -0.05) is 35.4 Å². The molecule has 0 bridgehead atoms. The first-order chi connectivity index (χ1) is 13.8. The van der Waals surface area contributed by atoms with Crippen LogP contribution in [0.3, 0.4) is 0 Å². The molecular weight excluding hydrogens is 412 g/mol. The van der Waals surface area contributed by atoms with Crippen LogP contribution in [0.5, 0.6) is 5.75 Å². The maximum absolute atomic E-state index is 12.3. The summed E-state index contributed by atoms with van der Waals surface area (Å²) in [5.74, 6) is -0.224. The lowest BCUT2D eigenvalue weighted by molar-refractivity contribution is 0.0955. The molecule has 0 spiro atoms. The molecule has 0 saturated heterocycles. The van der Waals surface area contributed by atoms with E-state index < -0.39 is 16.0 Å². The van der Waals surface area contributed by atoms with Crippen LogP contribution >= 0.6 is 11.6 Å². The summed E-state index contributed by atoms with van der Waals surface area (Å²) in [6.07, 6.45) is 1.43. The lowest BCUT2D eigenvalue weighted by Crippen LogP contribution is -2.17. The van der Waals surface area contributed by atoms with Gasteiger partial charge in [-0.25, -0.2) is 5.43 Å². The SMILES string of the molecule is Cc1ccc(S(=O)(=O)Oc2ccc(/C=N/NC(=O)c3cccc(Cl)c3)cc2)cc1. The summed E-state index contributed by atoms with van der Waals surface area (Å²) in [7, 11) is -3.91. The van der Waals surface area contributed by atoms with Crippen LogP contribution in [-0.2, 0) is 10.1 Å². The summed E-state index contributed by atoms with van der Waals surface area (Å²) in [5, 5.41) is 4.34. The van der Waals surface area contributed by atoms with E-state index in [1.165, 1.54) is 36.5 Å². The summed E-state index contributed by atoms with van der Waals surface area (Å²) < 4.78 is 29.7. The van der Waals surface area contributed by atoms with Gasteiger partial charge in [-0.3, -0.25) is 4.79 Å². The Morgan fingerprint density at radius 2 is 1.72 bits per heavy atom. The van der Waals surface area contributed by atoms with E-state index in [1.807, 2.05) is 6.92 Å². The second kappa shape index (κ2) is 8.89. The molecule has 1 N–H and O–H groups in total. The highest BCUT2D eigenvalue weighted by atomic mass is 35.5. The molecule has 8 heteroatoms. The molecule has 0 aliphatic rings. The summed E-state index contributed by atoms with van der Waals surface area (Å²) in [6, 6.07) is 19.1. The lowest BCUT2D eigenvalue weighted by atomic mass is 10.2. The molecule has 0 atom stereocenters. The number of amides is 1. The third-order valence-electron chi connectivity index (χ3n) is 3.86. The highest BCUT2D eigenvalue weighted by Crippen LogP contribution is 2.19. The van der Waals surface area contributed by atoms with Crippen molar-refractivity contribution in [2.45, 2.75) is 11.8 Å². The van der Waals surface area contributed by atoms with Gasteiger partial charge >= 0.3 is 10.1 Å². The van der Waals surface area contributed by atoms with E-state index in [1.54, 1.807) is 42.5 Å². The lowest BCUT2D eigenvalue weighted by Gasteiger charge is -2.07. The van der Waals surface area contributed by atoms with Crippen molar-refractivity contribution in [3.63, 3.8) is 0 Å². The van der Waals surface area contributed by atoms with E-state index in [-0.39, 0.29) is 10.6 Å². The number of hydrazone groups is 1. The minimum absolute atomic E-state index is 0.0810. The van der Waals surface area contributed by atoms with Crippen LogP contribution in [0.4, 0.5) is 0 Å². The van der Waals surface area contributed by atoms with Gasteiger partial charge in [0.25, 0.3) is 5.91 Å². The fraction of sp³-hybridized carbons (Fsp3) is 0.0476. The number of hydrogen-bond donors (Lipinski definition) is 1. The Morgan fingerprint density at radius 1 is 1.03 bits per heavy atom. The molecule has 0 heterocycles. The average molecular weight is 429 g/mol. The molecule has 0 radical (unpaired) electrons. The number of carbonyl (C=O) groups is 1. The van der Waals surface area contributed by atoms with Crippen LogP contribution < -0.4 is 9.61 Å². The largest absolute Gasteiger partial charge is 0.379 e. The molecule has 0 unspecified atom stereocenters. The summed E-state index contributed by atoms with van der Waals surface area (Å²) in [6.45, 7) is 1.87. The van der Waals surface area contributed by atoms with Gasteiger partial charge in [-0.15, -0.1) is 0 Å². The van der Waals surface area contributed by atoms with E-state index in [4.69, 9.17) is 15.8 Å². The number of halogens is 1. The van der Waals surface area contributed by atoms with Crippen LogP contribution in [0.2, 0.25) is 5.02 Å². The number of nitrogens with one attached hydrogen (secondary N) is 1. The Morgan fingerprint density at radius 3 is 2.38 bits per heavy atom. The van der Waals surface area contributed by atoms with E-state index >= 15 is 0 Å². The van der Waals surface area contributed by atoms with E-state index in [2.05, 4.69) is 10.5 Å². The molecular formula is C21H17ClN2O4S. The normalized spacial score (nSPS) is 11.4. The molecule has 1 amide bonds. The van der Waals surface area contributed by atoms with Crippen molar-refractivity contribution < 1.29 is 17.4 Å². The van der Waals surface area contributed by atoms with Crippen molar-refractivity contribution in [2.75, 3.05) is 0 Å². The number of benzene rings is 3. The molecule has 0 aromatic heterocycles. The standard InChI is InChI=1S/C21H17ClN2O4S/c1-15-5-11-20(12-6-15)29(26,27)28-19-9-7-16(8-10-19)14-23-24-21(25)17-3-2-4-18(22)13-17/h2-14H,1H3,(H,24,25)/b23-14+. The van der Waals surface area contributed by atoms with Gasteiger partial charge in [-0.2, -0.15) is 13.5 Å². The minimum Gasteiger partial charge on any atom is -0.379 e. The Labute approximate surface area is 173 Å². The maximum Gasteiger partial charge on any atom is 0.339 e. The Bertz CT molecular complexity index is 1140. The van der Waals surface area contributed by atoms with Crippen LogP contribution in [0.15, 0.2) is 82.8 Å². The van der Waals surface area contributed by atoms with Crippen LogP contribution in [-0.4, -0.2) is 20.5 Å². The molecule has 0 saturated carbocycles. The Hall–Kier alpha value is -3.16. The fourth-order valence-corrected chi connectivity index (χ4v) is 3.47. The van der Waals surface area contributed by atoms with E-state index in [0.29, 0.717) is 16.1 Å². The molecule has 0 aliphatic carbocycles. The van der Waals surface area contributed by atoms with Gasteiger partial charge in [-0.05, 0) is 67.1 Å². The zero-order valence-corrected chi connectivity index (χ0v) is 16.9. The average Bonchev–Trinajstić information content (AvgIpc) is 2.69. The first-order valence-electron chi connectivity index (χ1n) is 8.54.